The van der Waals surface area contributed by atoms with E-state index in [1.807, 2.05) is 0 Å². The number of nitrogens with two attached hydrogens (primary N) is 1. The van der Waals surface area contributed by atoms with Crippen LogP contribution in [0.3, 0.4) is 0 Å². The van der Waals surface area contributed by atoms with E-state index in [2.05, 4.69) is 62.3 Å². The molecule has 20 heavy (non-hydrogen) atoms. The second-order valence-electron chi connectivity index (χ2n) is 6.51. The van der Waals surface area contributed by atoms with Crippen molar-refractivity contribution < 1.29 is 0 Å². The van der Waals surface area contributed by atoms with Crippen molar-refractivity contribution in [3.63, 3.8) is 0 Å². The van der Waals surface area contributed by atoms with Crippen LogP contribution in [0.2, 0.25) is 0 Å². The van der Waals surface area contributed by atoms with Crippen molar-refractivity contribution in [3.05, 3.63) is 47.5 Å². The van der Waals surface area contributed by atoms with Gasteiger partial charge in [-0.25, -0.2) is 0 Å². The Balaban J connectivity index is 1.96. The Morgan fingerprint density at radius 2 is 1.70 bits per heavy atom. The Morgan fingerprint density at radius 3 is 2.35 bits per heavy atom. The predicted molar refractivity (Wildman–Crippen MR) is 85.8 cm³/mol. The summed E-state index contributed by atoms with van der Waals surface area (Å²) in [6, 6.07) is 14.5. The molecular formula is C18H24N2. The number of aryl methyl sites for hydroxylation is 1. The number of benzene rings is 2. The molecule has 0 radical (unpaired) electrons. The van der Waals surface area contributed by atoms with E-state index in [0.717, 1.165) is 12.8 Å². The van der Waals surface area contributed by atoms with Crippen molar-refractivity contribution >= 4 is 10.8 Å². The second-order valence-corrected chi connectivity index (χ2v) is 6.51. The Kier molecular flexibility index (Phi) is 3.53. The van der Waals surface area contributed by atoms with Gasteiger partial charge in [0.2, 0.25) is 0 Å². The standard InChI is InChI=1S/C18H24N2/c1-12-4-5-14-9-15(7-6-13(14)8-12)18(20(2)3)16-10-17(19)11-16/h4-9,16-18H,10-11,19H2,1-3H3. The fourth-order valence-electron chi connectivity index (χ4n) is 3.53. The van der Waals surface area contributed by atoms with Gasteiger partial charge in [0.15, 0.2) is 0 Å². The van der Waals surface area contributed by atoms with E-state index < -0.39 is 0 Å². The van der Waals surface area contributed by atoms with E-state index >= 15 is 0 Å². The van der Waals surface area contributed by atoms with Gasteiger partial charge in [-0.1, -0.05) is 35.9 Å². The minimum absolute atomic E-state index is 0.408. The molecule has 1 aliphatic carbocycles. The third-order valence-electron chi connectivity index (χ3n) is 4.58. The molecule has 0 bridgehead atoms. The number of fused-ring (bicyclic) bond motifs is 1. The first-order valence-corrected chi connectivity index (χ1v) is 7.47. The van der Waals surface area contributed by atoms with Gasteiger partial charge in [-0.3, -0.25) is 0 Å². The van der Waals surface area contributed by atoms with Crippen molar-refractivity contribution in [1.82, 2.24) is 4.90 Å². The topological polar surface area (TPSA) is 29.3 Å². The van der Waals surface area contributed by atoms with E-state index in [4.69, 9.17) is 5.73 Å². The quantitative estimate of drug-likeness (QED) is 0.923. The minimum Gasteiger partial charge on any atom is -0.328 e. The third kappa shape index (κ3) is 2.46. The van der Waals surface area contributed by atoms with Gasteiger partial charge in [-0.2, -0.15) is 0 Å². The number of nitrogens with zero attached hydrogens (tertiary/aromatic N) is 1. The summed E-state index contributed by atoms with van der Waals surface area (Å²) in [7, 11) is 4.35. The molecule has 2 N–H and O–H groups in total. The number of rotatable bonds is 3. The monoisotopic (exact) mass is 268 g/mol. The molecule has 2 aromatic rings. The lowest BCUT2D eigenvalue weighted by Crippen LogP contribution is -2.43. The first-order valence-electron chi connectivity index (χ1n) is 7.47. The van der Waals surface area contributed by atoms with Crippen molar-refractivity contribution in [2.24, 2.45) is 11.7 Å². The molecule has 2 nitrogen and oxygen atoms in total. The van der Waals surface area contributed by atoms with Crippen LogP contribution in [-0.2, 0) is 0 Å². The first-order chi connectivity index (χ1) is 9.54. The SMILES string of the molecule is Cc1ccc2cc(C(C3CC(N)C3)N(C)C)ccc2c1. The highest BCUT2D eigenvalue weighted by atomic mass is 15.1. The molecule has 2 aromatic carbocycles. The largest absolute Gasteiger partial charge is 0.328 e. The van der Waals surface area contributed by atoms with E-state index in [-0.39, 0.29) is 0 Å². The molecule has 0 amide bonds. The second kappa shape index (κ2) is 5.19. The zero-order chi connectivity index (χ0) is 14.3. The van der Waals surface area contributed by atoms with Crippen LogP contribution in [-0.4, -0.2) is 25.0 Å². The summed E-state index contributed by atoms with van der Waals surface area (Å²) < 4.78 is 0. The summed E-state index contributed by atoms with van der Waals surface area (Å²) in [5.41, 5.74) is 8.71. The summed E-state index contributed by atoms with van der Waals surface area (Å²) in [5.74, 6) is 0.697. The zero-order valence-corrected chi connectivity index (χ0v) is 12.6. The van der Waals surface area contributed by atoms with Crippen LogP contribution in [0.15, 0.2) is 36.4 Å². The maximum atomic E-state index is 5.97. The molecule has 2 heteroatoms. The Bertz CT molecular complexity index is 612. The molecular weight excluding hydrogens is 244 g/mol. The molecule has 0 aliphatic heterocycles. The Hall–Kier alpha value is -1.38. The summed E-state index contributed by atoms with van der Waals surface area (Å²) >= 11 is 0. The van der Waals surface area contributed by atoms with Gasteiger partial charge in [0.1, 0.15) is 0 Å². The molecule has 1 fully saturated rings. The average Bonchev–Trinajstić information content (AvgIpc) is 2.36. The highest BCUT2D eigenvalue weighted by molar-refractivity contribution is 5.83. The molecule has 3 rings (SSSR count). The molecule has 0 heterocycles. The molecule has 1 aliphatic rings. The molecule has 1 unspecified atom stereocenters. The van der Waals surface area contributed by atoms with Gasteiger partial charge in [0.25, 0.3) is 0 Å². The molecule has 0 saturated heterocycles. The summed E-state index contributed by atoms with van der Waals surface area (Å²) in [6.07, 6.45) is 2.30. The fraction of sp³-hybridized carbons (Fsp3) is 0.444. The summed E-state index contributed by atoms with van der Waals surface area (Å²) in [5, 5.41) is 2.67. The van der Waals surface area contributed by atoms with E-state index in [1.54, 1.807) is 0 Å². The maximum absolute atomic E-state index is 5.97. The Morgan fingerprint density at radius 1 is 1.05 bits per heavy atom. The Labute approximate surface area is 121 Å². The number of hydrogen-bond donors (Lipinski definition) is 1. The van der Waals surface area contributed by atoms with Gasteiger partial charge in [0, 0.05) is 12.1 Å². The number of hydrogen-bond acceptors (Lipinski definition) is 2. The lowest BCUT2D eigenvalue weighted by atomic mass is 9.73. The smallest absolute Gasteiger partial charge is 0.0371 e. The van der Waals surface area contributed by atoms with Crippen LogP contribution in [0.4, 0.5) is 0 Å². The minimum atomic E-state index is 0.408. The lowest BCUT2D eigenvalue weighted by molar-refractivity contribution is 0.123. The molecule has 106 valence electrons. The van der Waals surface area contributed by atoms with Crippen molar-refractivity contribution in [1.29, 1.82) is 0 Å². The van der Waals surface area contributed by atoms with Gasteiger partial charge in [-0.15, -0.1) is 0 Å². The van der Waals surface area contributed by atoms with E-state index in [1.165, 1.54) is 21.9 Å². The van der Waals surface area contributed by atoms with Crippen LogP contribution in [0.25, 0.3) is 10.8 Å². The lowest BCUT2D eigenvalue weighted by Gasteiger charge is -2.42. The van der Waals surface area contributed by atoms with E-state index in [0.29, 0.717) is 18.0 Å². The average molecular weight is 268 g/mol. The van der Waals surface area contributed by atoms with E-state index in [9.17, 15) is 0 Å². The normalized spacial score (nSPS) is 23.9. The summed E-state index contributed by atoms with van der Waals surface area (Å²) in [6.45, 7) is 2.14. The zero-order valence-electron chi connectivity index (χ0n) is 12.6. The van der Waals surface area contributed by atoms with Crippen molar-refractivity contribution in [2.75, 3.05) is 14.1 Å². The highest BCUT2D eigenvalue weighted by Gasteiger charge is 2.34. The highest BCUT2D eigenvalue weighted by Crippen LogP contribution is 2.40. The first kappa shape index (κ1) is 13.6. The molecule has 0 aromatic heterocycles. The predicted octanol–water partition coefficient (Wildman–Crippen LogP) is 3.49. The molecule has 1 saturated carbocycles. The summed E-state index contributed by atoms with van der Waals surface area (Å²) in [4.78, 5) is 2.34. The van der Waals surface area contributed by atoms with Crippen molar-refractivity contribution in [2.45, 2.75) is 31.8 Å². The van der Waals surface area contributed by atoms with Gasteiger partial charge in [-0.05, 0) is 62.2 Å². The van der Waals surface area contributed by atoms with Crippen LogP contribution in [0.5, 0.6) is 0 Å². The van der Waals surface area contributed by atoms with Gasteiger partial charge >= 0.3 is 0 Å². The molecule has 1 atom stereocenters. The van der Waals surface area contributed by atoms with Crippen molar-refractivity contribution in [3.8, 4) is 0 Å². The third-order valence-corrected chi connectivity index (χ3v) is 4.58. The van der Waals surface area contributed by atoms with Crippen LogP contribution < -0.4 is 5.73 Å². The molecule has 0 spiro atoms. The van der Waals surface area contributed by atoms with Crippen LogP contribution in [0.1, 0.15) is 30.0 Å². The van der Waals surface area contributed by atoms with Gasteiger partial charge in [0.05, 0.1) is 0 Å². The fourth-order valence-corrected chi connectivity index (χ4v) is 3.53. The van der Waals surface area contributed by atoms with Crippen LogP contribution in [0, 0.1) is 12.8 Å². The van der Waals surface area contributed by atoms with Gasteiger partial charge < -0.3 is 10.6 Å². The van der Waals surface area contributed by atoms with Crippen LogP contribution >= 0.6 is 0 Å². The maximum Gasteiger partial charge on any atom is 0.0371 e.